The molecule has 7 heteroatoms. The maximum atomic E-state index is 12.0. The Balaban J connectivity index is 1.79. The summed E-state index contributed by atoms with van der Waals surface area (Å²) in [6, 6.07) is 5.77. The van der Waals surface area contributed by atoms with Crippen LogP contribution in [0.4, 0.5) is 5.69 Å². The molecular weight excluding hydrogens is 312 g/mol. The molecule has 0 spiro atoms. The summed E-state index contributed by atoms with van der Waals surface area (Å²) in [5.74, 6) is -0.787. The van der Waals surface area contributed by atoms with Crippen LogP contribution in [-0.4, -0.2) is 41.4 Å². The third-order valence-corrected chi connectivity index (χ3v) is 3.81. The van der Waals surface area contributed by atoms with Crippen LogP contribution in [0.2, 0.25) is 0 Å². The number of esters is 1. The number of rotatable bonds is 5. The normalized spacial score (nSPS) is 15.1. The number of ether oxygens (including phenoxy) is 1. The van der Waals surface area contributed by atoms with Crippen molar-refractivity contribution in [2.75, 3.05) is 19.7 Å². The van der Waals surface area contributed by atoms with E-state index in [-0.39, 0.29) is 18.2 Å². The first-order chi connectivity index (χ1) is 11.6. The summed E-state index contributed by atoms with van der Waals surface area (Å²) in [6.45, 7) is 1.17. The van der Waals surface area contributed by atoms with Crippen LogP contribution in [0.25, 0.3) is 6.08 Å². The number of nitrogens with zero attached hydrogens (tertiary/aromatic N) is 2. The van der Waals surface area contributed by atoms with Gasteiger partial charge in [-0.25, -0.2) is 4.79 Å². The molecule has 1 aromatic rings. The van der Waals surface area contributed by atoms with E-state index in [0.29, 0.717) is 5.56 Å². The van der Waals surface area contributed by atoms with Crippen LogP contribution >= 0.6 is 0 Å². The van der Waals surface area contributed by atoms with Gasteiger partial charge in [0.2, 0.25) is 0 Å². The van der Waals surface area contributed by atoms with Crippen LogP contribution in [-0.2, 0) is 14.3 Å². The summed E-state index contributed by atoms with van der Waals surface area (Å²) in [4.78, 5) is 35.5. The van der Waals surface area contributed by atoms with Crippen LogP contribution in [0.3, 0.4) is 0 Å². The largest absolute Gasteiger partial charge is 0.452 e. The fourth-order valence-electron chi connectivity index (χ4n) is 2.46. The summed E-state index contributed by atoms with van der Waals surface area (Å²) in [5, 5.41) is 10.6. The lowest BCUT2D eigenvalue weighted by Crippen LogP contribution is -2.35. The van der Waals surface area contributed by atoms with Crippen LogP contribution in [0.15, 0.2) is 30.3 Å². The molecule has 1 heterocycles. The Labute approximate surface area is 140 Å². The lowest BCUT2D eigenvalue weighted by molar-refractivity contribution is -0.384. The molecule has 7 nitrogen and oxygen atoms in total. The van der Waals surface area contributed by atoms with Gasteiger partial charge in [0, 0.05) is 31.3 Å². The molecule has 1 aliphatic rings. The van der Waals surface area contributed by atoms with Crippen molar-refractivity contribution >= 4 is 23.6 Å². The van der Waals surface area contributed by atoms with Gasteiger partial charge in [-0.3, -0.25) is 14.9 Å². The predicted molar refractivity (Wildman–Crippen MR) is 88.1 cm³/mol. The number of carbonyl (C=O) groups excluding carboxylic acids is 2. The summed E-state index contributed by atoms with van der Waals surface area (Å²) in [7, 11) is 0. The number of amides is 1. The maximum Gasteiger partial charge on any atom is 0.331 e. The number of carbonyl (C=O) groups is 2. The molecule has 0 unspecified atom stereocenters. The van der Waals surface area contributed by atoms with E-state index in [1.807, 2.05) is 0 Å². The molecule has 1 aliphatic heterocycles. The minimum atomic E-state index is -0.614. The molecule has 0 N–H and O–H groups in total. The van der Waals surface area contributed by atoms with Gasteiger partial charge in [0.15, 0.2) is 6.61 Å². The lowest BCUT2D eigenvalue weighted by Gasteiger charge is -2.19. The van der Waals surface area contributed by atoms with E-state index >= 15 is 0 Å². The van der Waals surface area contributed by atoms with Crippen molar-refractivity contribution in [2.24, 2.45) is 0 Å². The van der Waals surface area contributed by atoms with E-state index in [2.05, 4.69) is 0 Å². The summed E-state index contributed by atoms with van der Waals surface area (Å²) >= 11 is 0. The number of non-ortho nitro benzene ring substituents is 1. The van der Waals surface area contributed by atoms with Gasteiger partial charge in [0.1, 0.15) is 0 Å². The van der Waals surface area contributed by atoms with Gasteiger partial charge in [-0.15, -0.1) is 0 Å². The molecule has 128 valence electrons. The number of nitro groups is 1. The molecule has 2 rings (SSSR count). The summed E-state index contributed by atoms with van der Waals surface area (Å²) in [6.07, 6.45) is 6.92. The third kappa shape index (κ3) is 5.49. The second kappa shape index (κ2) is 8.81. The number of hydrogen-bond donors (Lipinski definition) is 0. The highest BCUT2D eigenvalue weighted by atomic mass is 16.6. The first-order valence-corrected chi connectivity index (χ1v) is 7.93. The van der Waals surface area contributed by atoms with E-state index < -0.39 is 10.9 Å². The Hall–Kier alpha value is -2.70. The van der Waals surface area contributed by atoms with Crippen LogP contribution in [0, 0.1) is 10.1 Å². The van der Waals surface area contributed by atoms with Gasteiger partial charge in [0.25, 0.3) is 11.6 Å². The van der Waals surface area contributed by atoms with E-state index in [4.69, 9.17) is 4.74 Å². The smallest absolute Gasteiger partial charge is 0.331 e. The van der Waals surface area contributed by atoms with Crippen LogP contribution in [0.5, 0.6) is 0 Å². The molecule has 24 heavy (non-hydrogen) atoms. The topological polar surface area (TPSA) is 89.7 Å². The van der Waals surface area contributed by atoms with Crippen LogP contribution in [0.1, 0.15) is 31.2 Å². The maximum absolute atomic E-state index is 12.0. The number of likely N-dealkylation sites (tertiary alicyclic amines) is 1. The fourth-order valence-corrected chi connectivity index (χ4v) is 2.46. The highest BCUT2D eigenvalue weighted by Gasteiger charge is 2.16. The van der Waals surface area contributed by atoms with Crippen molar-refractivity contribution in [2.45, 2.75) is 25.7 Å². The fraction of sp³-hybridized carbons (Fsp3) is 0.412. The predicted octanol–water partition coefficient (Wildman–Crippen LogP) is 2.55. The van der Waals surface area contributed by atoms with Crippen molar-refractivity contribution in [3.63, 3.8) is 0 Å². The van der Waals surface area contributed by atoms with Crippen molar-refractivity contribution in [3.8, 4) is 0 Å². The molecular formula is C17H20N2O5. The Bertz CT molecular complexity index is 616. The first kappa shape index (κ1) is 17.7. The number of benzene rings is 1. The zero-order chi connectivity index (χ0) is 17.4. The number of nitro benzene ring substituents is 1. The van der Waals surface area contributed by atoms with Crippen molar-refractivity contribution in [1.29, 1.82) is 0 Å². The first-order valence-electron chi connectivity index (χ1n) is 7.93. The second-order valence-corrected chi connectivity index (χ2v) is 5.58. The van der Waals surface area contributed by atoms with Gasteiger partial charge in [-0.1, -0.05) is 12.8 Å². The van der Waals surface area contributed by atoms with Crippen molar-refractivity contribution in [1.82, 2.24) is 4.90 Å². The molecule has 0 aliphatic carbocycles. The van der Waals surface area contributed by atoms with Gasteiger partial charge in [0.05, 0.1) is 4.92 Å². The zero-order valence-corrected chi connectivity index (χ0v) is 13.3. The quantitative estimate of drug-likeness (QED) is 0.358. The van der Waals surface area contributed by atoms with Gasteiger partial charge < -0.3 is 9.64 Å². The Kier molecular flexibility index (Phi) is 6.48. The molecule has 1 fully saturated rings. The average Bonchev–Trinajstić information content (AvgIpc) is 2.87. The Morgan fingerprint density at radius 1 is 1.12 bits per heavy atom. The average molecular weight is 332 g/mol. The SMILES string of the molecule is O=C(/C=C/c1ccc([N+](=O)[O-])cc1)OCC(=O)N1CCCCCC1. The summed E-state index contributed by atoms with van der Waals surface area (Å²) < 4.78 is 4.96. The highest BCUT2D eigenvalue weighted by molar-refractivity contribution is 5.89. The molecule has 1 aromatic carbocycles. The second-order valence-electron chi connectivity index (χ2n) is 5.58. The lowest BCUT2D eigenvalue weighted by atomic mass is 10.2. The molecule has 0 saturated carbocycles. The monoisotopic (exact) mass is 332 g/mol. The van der Waals surface area contributed by atoms with E-state index in [1.54, 1.807) is 4.90 Å². The minimum Gasteiger partial charge on any atom is -0.452 e. The minimum absolute atomic E-state index is 0.0160. The van der Waals surface area contributed by atoms with Gasteiger partial charge in [-0.05, 0) is 36.6 Å². The van der Waals surface area contributed by atoms with Crippen molar-refractivity contribution in [3.05, 3.63) is 46.0 Å². The van der Waals surface area contributed by atoms with E-state index in [0.717, 1.165) is 38.8 Å². The van der Waals surface area contributed by atoms with E-state index in [1.165, 1.54) is 36.4 Å². The van der Waals surface area contributed by atoms with E-state index in [9.17, 15) is 19.7 Å². The number of hydrogen-bond acceptors (Lipinski definition) is 5. The van der Waals surface area contributed by atoms with Crippen LogP contribution < -0.4 is 0 Å². The van der Waals surface area contributed by atoms with Gasteiger partial charge >= 0.3 is 5.97 Å². The van der Waals surface area contributed by atoms with Gasteiger partial charge in [-0.2, -0.15) is 0 Å². The molecule has 0 bridgehead atoms. The Morgan fingerprint density at radius 3 is 2.33 bits per heavy atom. The highest BCUT2D eigenvalue weighted by Crippen LogP contribution is 2.13. The zero-order valence-electron chi connectivity index (χ0n) is 13.3. The standard InChI is InChI=1S/C17H20N2O5/c20-16(18-11-3-1-2-4-12-18)13-24-17(21)10-7-14-5-8-15(9-6-14)19(22)23/h5-10H,1-4,11-13H2/b10-7+. The van der Waals surface area contributed by atoms with Crippen molar-refractivity contribution < 1.29 is 19.2 Å². The third-order valence-electron chi connectivity index (χ3n) is 3.81. The molecule has 0 radical (unpaired) electrons. The molecule has 0 atom stereocenters. The molecule has 1 amide bonds. The Morgan fingerprint density at radius 2 is 1.75 bits per heavy atom. The summed E-state index contributed by atoms with van der Waals surface area (Å²) in [5.41, 5.74) is 0.620. The molecule has 0 aromatic heterocycles. The molecule has 1 saturated heterocycles.